The summed E-state index contributed by atoms with van der Waals surface area (Å²) in [6.07, 6.45) is 1.68. The van der Waals surface area contributed by atoms with Gasteiger partial charge in [-0.2, -0.15) is 0 Å². The van der Waals surface area contributed by atoms with Gasteiger partial charge in [0.2, 0.25) is 12.3 Å². The van der Waals surface area contributed by atoms with Crippen molar-refractivity contribution in [2.45, 2.75) is 45.6 Å². The maximum Gasteiger partial charge on any atom is 0.410 e. The van der Waals surface area contributed by atoms with Crippen molar-refractivity contribution >= 4 is 18.4 Å². The number of hydrogen-bond acceptors (Lipinski definition) is 5. The molecule has 0 aromatic heterocycles. The predicted molar refractivity (Wildman–Crippen MR) is 82.4 cm³/mol. The molecule has 0 spiro atoms. The maximum atomic E-state index is 11.8. The molecule has 0 aromatic rings. The summed E-state index contributed by atoms with van der Waals surface area (Å²) in [5.41, 5.74) is -0.521. The number of methoxy groups -OCH3 is 1. The van der Waals surface area contributed by atoms with E-state index in [1.54, 1.807) is 7.05 Å². The fourth-order valence-corrected chi connectivity index (χ4v) is 1.63. The van der Waals surface area contributed by atoms with Crippen LogP contribution in [0.3, 0.4) is 0 Å². The van der Waals surface area contributed by atoms with E-state index in [1.807, 2.05) is 20.8 Å². The molecule has 22 heavy (non-hydrogen) atoms. The Bertz CT molecular complexity index is 365. The zero-order valence-electron chi connectivity index (χ0n) is 14.3. The SMILES string of the molecule is COCCN(C=O)C(=O)CCCCN(C)C(=O)OC(C)(C)C. The van der Waals surface area contributed by atoms with Crippen LogP contribution >= 0.6 is 0 Å². The van der Waals surface area contributed by atoms with E-state index < -0.39 is 5.60 Å². The Kier molecular flexibility index (Phi) is 9.40. The number of hydrogen-bond donors (Lipinski definition) is 0. The van der Waals surface area contributed by atoms with Crippen LogP contribution in [-0.2, 0) is 19.1 Å². The molecule has 0 aliphatic heterocycles. The molecular weight excluding hydrogens is 288 g/mol. The molecule has 0 unspecified atom stereocenters. The third kappa shape index (κ3) is 9.33. The number of ether oxygens (including phenoxy) is 2. The van der Waals surface area contributed by atoms with Gasteiger partial charge >= 0.3 is 6.09 Å². The molecule has 0 heterocycles. The van der Waals surface area contributed by atoms with Crippen LogP contribution in [0.2, 0.25) is 0 Å². The van der Waals surface area contributed by atoms with Crippen molar-refractivity contribution in [2.75, 3.05) is 33.9 Å². The third-order valence-electron chi connectivity index (χ3n) is 2.82. The highest BCUT2D eigenvalue weighted by Crippen LogP contribution is 2.10. The monoisotopic (exact) mass is 316 g/mol. The summed E-state index contributed by atoms with van der Waals surface area (Å²) in [7, 11) is 3.17. The summed E-state index contributed by atoms with van der Waals surface area (Å²) < 4.78 is 10.1. The first-order chi connectivity index (χ1) is 10.2. The van der Waals surface area contributed by atoms with E-state index in [4.69, 9.17) is 9.47 Å². The van der Waals surface area contributed by atoms with Crippen LogP contribution in [0.25, 0.3) is 0 Å². The number of rotatable bonds is 9. The van der Waals surface area contributed by atoms with E-state index in [0.29, 0.717) is 32.4 Å². The molecular formula is C15H28N2O5. The van der Waals surface area contributed by atoms with Crippen molar-refractivity contribution < 1.29 is 23.9 Å². The highest BCUT2D eigenvalue weighted by atomic mass is 16.6. The minimum atomic E-state index is -0.521. The molecule has 7 nitrogen and oxygen atoms in total. The summed E-state index contributed by atoms with van der Waals surface area (Å²) in [5.74, 6) is -0.230. The largest absolute Gasteiger partial charge is 0.444 e. The smallest absolute Gasteiger partial charge is 0.410 e. The van der Waals surface area contributed by atoms with Gasteiger partial charge < -0.3 is 14.4 Å². The summed E-state index contributed by atoms with van der Waals surface area (Å²) in [4.78, 5) is 36.9. The van der Waals surface area contributed by atoms with Crippen LogP contribution < -0.4 is 0 Å². The van der Waals surface area contributed by atoms with Crippen LogP contribution in [0.15, 0.2) is 0 Å². The lowest BCUT2D eigenvalue weighted by Crippen LogP contribution is -2.35. The second-order valence-corrected chi connectivity index (χ2v) is 6.04. The van der Waals surface area contributed by atoms with Crippen LogP contribution in [0.5, 0.6) is 0 Å². The van der Waals surface area contributed by atoms with Gasteiger partial charge in [-0.3, -0.25) is 14.5 Å². The fraction of sp³-hybridized carbons (Fsp3) is 0.800. The highest BCUT2D eigenvalue weighted by molar-refractivity contribution is 5.86. The first kappa shape index (κ1) is 20.4. The molecule has 0 aliphatic carbocycles. The summed E-state index contributed by atoms with van der Waals surface area (Å²) >= 11 is 0. The quantitative estimate of drug-likeness (QED) is 0.477. The summed E-state index contributed by atoms with van der Waals surface area (Å²) in [6, 6.07) is 0. The second-order valence-electron chi connectivity index (χ2n) is 6.04. The predicted octanol–water partition coefficient (Wildman–Crippen LogP) is 1.66. The van der Waals surface area contributed by atoms with E-state index in [1.165, 1.54) is 12.0 Å². The lowest BCUT2D eigenvalue weighted by atomic mass is 10.2. The van der Waals surface area contributed by atoms with Gasteiger partial charge in [0, 0.05) is 27.1 Å². The highest BCUT2D eigenvalue weighted by Gasteiger charge is 2.19. The molecule has 0 N–H and O–H groups in total. The first-order valence-electron chi connectivity index (χ1n) is 7.39. The molecule has 3 amide bonds. The van der Waals surface area contributed by atoms with Gasteiger partial charge in [-0.15, -0.1) is 0 Å². The van der Waals surface area contributed by atoms with E-state index in [9.17, 15) is 14.4 Å². The van der Waals surface area contributed by atoms with Crippen molar-refractivity contribution in [1.29, 1.82) is 0 Å². The van der Waals surface area contributed by atoms with Crippen molar-refractivity contribution in [3.05, 3.63) is 0 Å². The lowest BCUT2D eigenvalue weighted by molar-refractivity contribution is -0.138. The molecule has 0 saturated carbocycles. The summed E-state index contributed by atoms with van der Waals surface area (Å²) in [5, 5.41) is 0. The van der Waals surface area contributed by atoms with Gasteiger partial charge in [0.25, 0.3) is 0 Å². The Morgan fingerprint density at radius 1 is 1.14 bits per heavy atom. The lowest BCUT2D eigenvalue weighted by Gasteiger charge is -2.24. The van der Waals surface area contributed by atoms with Crippen LogP contribution in [0.1, 0.15) is 40.0 Å². The second kappa shape index (κ2) is 10.2. The molecule has 0 rings (SSSR count). The van der Waals surface area contributed by atoms with E-state index >= 15 is 0 Å². The Morgan fingerprint density at radius 2 is 1.77 bits per heavy atom. The average Bonchev–Trinajstić information content (AvgIpc) is 2.42. The Hall–Kier alpha value is -1.63. The Balaban J connectivity index is 3.98. The average molecular weight is 316 g/mol. The molecule has 0 aromatic carbocycles. The Morgan fingerprint density at radius 3 is 2.27 bits per heavy atom. The number of carbonyl (C=O) groups excluding carboxylic acids is 3. The van der Waals surface area contributed by atoms with Crippen LogP contribution in [0.4, 0.5) is 4.79 Å². The molecule has 128 valence electrons. The molecule has 0 radical (unpaired) electrons. The Labute approximate surface area is 132 Å². The standard InChI is InChI=1S/C15H28N2O5/c1-15(2,3)22-14(20)16(4)9-7-6-8-13(19)17(12-18)10-11-21-5/h12H,6-11H2,1-5H3. The zero-order valence-corrected chi connectivity index (χ0v) is 14.3. The van der Waals surface area contributed by atoms with Crippen molar-refractivity contribution in [1.82, 2.24) is 9.80 Å². The van der Waals surface area contributed by atoms with Crippen molar-refractivity contribution in [2.24, 2.45) is 0 Å². The number of unbranched alkanes of at least 4 members (excludes halogenated alkanes) is 1. The number of imide groups is 1. The van der Waals surface area contributed by atoms with Gasteiger partial charge in [0.1, 0.15) is 5.60 Å². The third-order valence-corrected chi connectivity index (χ3v) is 2.82. The molecule has 0 atom stereocenters. The van der Waals surface area contributed by atoms with E-state index in [2.05, 4.69) is 0 Å². The van der Waals surface area contributed by atoms with Gasteiger partial charge in [-0.05, 0) is 33.6 Å². The normalized spacial score (nSPS) is 11.0. The van der Waals surface area contributed by atoms with Crippen molar-refractivity contribution in [3.63, 3.8) is 0 Å². The minimum absolute atomic E-state index is 0.230. The molecule has 0 fully saturated rings. The molecule has 0 bridgehead atoms. The first-order valence-corrected chi connectivity index (χ1v) is 7.39. The maximum absolute atomic E-state index is 11.8. The van der Waals surface area contributed by atoms with Gasteiger partial charge in [0.05, 0.1) is 13.2 Å². The molecule has 0 saturated heterocycles. The van der Waals surface area contributed by atoms with E-state index in [0.717, 1.165) is 4.90 Å². The fourth-order valence-electron chi connectivity index (χ4n) is 1.63. The van der Waals surface area contributed by atoms with E-state index in [-0.39, 0.29) is 25.0 Å². The van der Waals surface area contributed by atoms with Crippen LogP contribution in [-0.4, -0.2) is 67.7 Å². The van der Waals surface area contributed by atoms with Gasteiger partial charge in [-0.1, -0.05) is 0 Å². The minimum Gasteiger partial charge on any atom is -0.444 e. The van der Waals surface area contributed by atoms with Gasteiger partial charge in [-0.25, -0.2) is 4.79 Å². The van der Waals surface area contributed by atoms with Crippen LogP contribution in [0, 0.1) is 0 Å². The molecule has 7 heteroatoms. The summed E-state index contributed by atoms with van der Waals surface area (Å²) in [6.45, 7) is 6.52. The number of nitrogens with zero attached hydrogens (tertiary/aromatic N) is 2. The number of amides is 3. The number of carbonyl (C=O) groups is 3. The zero-order chi connectivity index (χ0) is 17.2. The topological polar surface area (TPSA) is 76.2 Å². The van der Waals surface area contributed by atoms with Gasteiger partial charge in [0.15, 0.2) is 0 Å². The van der Waals surface area contributed by atoms with Crippen molar-refractivity contribution in [3.8, 4) is 0 Å². The molecule has 0 aliphatic rings.